The molecule has 2 aliphatic rings. The number of carbonyl (C=O) groups excluding carboxylic acids is 2. The van der Waals surface area contributed by atoms with Gasteiger partial charge in [0.2, 0.25) is 11.7 Å². The van der Waals surface area contributed by atoms with Crippen molar-refractivity contribution in [1.82, 2.24) is 4.90 Å². The molecule has 0 radical (unpaired) electrons. The second-order valence-corrected chi connectivity index (χ2v) is 8.02. The minimum Gasteiger partial charge on any atom is -0.379 e. The largest absolute Gasteiger partial charge is 0.379 e. The molecule has 0 atom stereocenters. The van der Waals surface area contributed by atoms with Gasteiger partial charge in [0.05, 0.1) is 37.8 Å². The minimum absolute atomic E-state index is 0.0224. The van der Waals surface area contributed by atoms with Crippen molar-refractivity contribution in [3.63, 3.8) is 0 Å². The van der Waals surface area contributed by atoms with Crippen molar-refractivity contribution in [3.05, 3.63) is 46.2 Å². The Labute approximate surface area is 174 Å². The summed E-state index contributed by atoms with van der Waals surface area (Å²) in [6, 6.07) is 9.30. The number of anilines is 2. The van der Waals surface area contributed by atoms with Crippen LogP contribution in [0.2, 0.25) is 0 Å². The number of nitrogens with one attached hydrogen (secondary N) is 1. The first-order chi connectivity index (χ1) is 14.2. The van der Waals surface area contributed by atoms with Crippen LogP contribution in [0, 0.1) is 0 Å². The molecule has 2 fully saturated rings. The predicted molar refractivity (Wildman–Crippen MR) is 113 cm³/mol. The van der Waals surface area contributed by atoms with Crippen molar-refractivity contribution < 1.29 is 19.1 Å². The van der Waals surface area contributed by atoms with E-state index in [0.29, 0.717) is 49.1 Å². The number of carbonyl (C=O) groups is 2. The minimum atomic E-state index is -0.0828. The summed E-state index contributed by atoms with van der Waals surface area (Å²) >= 11 is 1.43. The van der Waals surface area contributed by atoms with E-state index < -0.39 is 0 Å². The van der Waals surface area contributed by atoms with Crippen LogP contribution in [0.3, 0.4) is 0 Å². The van der Waals surface area contributed by atoms with Gasteiger partial charge in [0.25, 0.3) is 0 Å². The Kier molecular flexibility index (Phi) is 6.56. The Morgan fingerprint density at radius 3 is 2.41 bits per heavy atom. The molecule has 2 aliphatic heterocycles. The molecule has 0 unspecified atom stereocenters. The molecule has 0 saturated carbocycles. The lowest BCUT2D eigenvalue weighted by Crippen LogP contribution is -2.41. The zero-order chi connectivity index (χ0) is 20.1. The maximum absolute atomic E-state index is 13.1. The zero-order valence-electron chi connectivity index (χ0n) is 16.3. The molecule has 4 rings (SSSR count). The molecule has 0 aliphatic carbocycles. The first kappa shape index (κ1) is 20.0. The van der Waals surface area contributed by atoms with E-state index in [4.69, 9.17) is 9.47 Å². The van der Waals surface area contributed by atoms with Crippen LogP contribution < -0.4 is 10.2 Å². The van der Waals surface area contributed by atoms with Crippen LogP contribution in [0.15, 0.2) is 35.7 Å². The lowest BCUT2D eigenvalue weighted by Gasteiger charge is -2.30. The first-order valence-corrected chi connectivity index (χ1v) is 10.7. The second-order valence-electron chi connectivity index (χ2n) is 7.07. The summed E-state index contributed by atoms with van der Waals surface area (Å²) in [6.07, 6.45) is 0. The highest BCUT2D eigenvalue weighted by Crippen LogP contribution is 2.29. The smallest absolute Gasteiger partial charge is 0.238 e. The van der Waals surface area contributed by atoms with Gasteiger partial charge in [-0.1, -0.05) is 6.07 Å². The summed E-state index contributed by atoms with van der Waals surface area (Å²) in [5, 5.41) is 4.84. The molecule has 3 heterocycles. The number of benzene rings is 1. The van der Waals surface area contributed by atoms with Gasteiger partial charge in [-0.3, -0.25) is 14.5 Å². The molecule has 1 amide bonds. The van der Waals surface area contributed by atoms with Gasteiger partial charge in [-0.25, -0.2) is 0 Å². The Balaban J connectivity index is 1.54. The Hall–Kier alpha value is -2.26. The molecule has 29 heavy (non-hydrogen) atoms. The highest BCUT2D eigenvalue weighted by molar-refractivity contribution is 7.12. The monoisotopic (exact) mass is 415 g/mol. The Morgan fingerprint density at radius 2 is 1.72 bits per heavy atom. The summed E-state index contributed by atoms with van der Waals surface area (Å²) in [5.74, 6) is -0.105. The van der Waals surface area contributed by atoms with Gasteiger partial charge in [0.1, 0.15) is 0 Å². The molecular formula is C21H25N3O4S. The summed E-state index contributed by atoms with van der Waals surface area (Å²) in [7, 11) is 0. The number of thiophene rings is 1. The molecule has 1 aromatic heterocycles. The second kappa shape index (κ2) is 9.49. The van der Waals surface area contributed by atoms with Gasteiger partial charge in [0.15, 0.2) is 0 Å². The molecule has 0 spiro atoms. The predicted octanol–water partition coefficient (Wildman–Crippen LogP) is 2.09. The lowest BCUT2D eigenvalue weighted by atomic mass is 10.0. The average Bonchev–Trinajstić information content (AvgIpc) is 3.29. The molecule has 8 heteroatoms. The van der Waals surface area contributed by atoms with Crippen LogP contribution in [0.1, 0.15) is 15.2 Å². The fourth-order valence-corrected chi connectivity index (χ4v) is 4.26. The number of ether oxygens (including phenoxy) is 2. The Morgan fingerprint density at radius 1 is 1.00 bits per heavy atom. The highest BCUT2D eigenvalue weighted by Gasteiger charge is 2.22. The number of nitrogens with zero attached hydrogens (tertiary/aromatic N) is 2. The van der Waals surface area contributed by atoms with Crippen molar-refractivity contribution in [2.75, 3.05) is 69.4 Å². The van der Waals surface area contributed by atoms with Gasteiger partial charge in [0, 0.05) is 43.1 Å². The fraction of sp³-hybridized carbons (Fsp3) is 0.429. The number of hydrogen-bond donors (Lipinski definition) is 1. The van der Waals surface area contributed by atoms with E-state index in [1.54, 1.807) is 6.07 Å². The van der Waals surface area contributed by atoms with Crippen LogP contribution in [-0.2, 0) is 14.3 Å². The van der Waals surface area contributed by atoms with Crippen LogP contribution in [0.4, 0.5) is 11.4 Å². The van der Waals surface area contributed by atoms with Crippen LogP contribution in [0.5, 0.6) is 0 Å². The number of rotatable bonds is 6. The van der Waals surface area contributed by atoms with E-state index in [9.17, 15) is 9.59 Å². The fourth-order valence-electron chi connectivity index (χ4n) is 3.58. The normalized spacial score (nSPS) is 17.9. The van der Waals surface area contributed by atoms with E-state index in [0.717, 1.165) is 31.9 Å². The summed E-state index contributed by atoms with van der Waals surface area (Å²) in [6.45, 7) is 5.91. The van der Waals surface area contributed by atoms with Crippen molar-refractivity contribution in [1.29, 1.82) is 0 Å². The maximum atomic E-state index is 13.1. The van der Waals surface area contributed by atoms with Gasteiger partial charge in [-0.15, -0.1) is 11.3 Å². The molecular weight excluding hydrogens is 390 g/mol. The van der Waals surface area contributed by atoms with Gasteiger partial charge < -0.3 is 19.7 Å². The molecule has 1 aromatic carbocycles. The van der Waals surface area contributed by atoms with E-state index in [1.807, 2.05) is 29.6 Å². The van der Waals surface area contributed by atoms with E-state index in [-0.39, 0.29) is 11.7 Å². The zero-order valence-corrected chi connectivity index (χ0v) is 17.1. The SMILES string of the molecule is O=C(CN1CCOCC1)Nc1ccc(N2CCOCC2)c(C(=O)c2cccs2)c1. The lowest BCUT2D eigenvalue weighted by molar-refractivity contribution is -0.118. The van der Waals surface area contributed by atoms with Crippen LogP contribution in [0.25, 0.3) is 0 Å². The third-order valence-corrected chi connectivity index (χ3v) is 5.96. The Bertz CT molecular complexity index is 844. The van der Waals surface area contributed by atoms with Crippen LogP contribution in [-0.4, -0.2) is 75.7 Å². The van der Waals surface area contributed by atoms with E-state index in [1.165, 1.54) is 11.3 Å². The number of hydrogen-bond acceptors (Lipinski definition) is 7. The number of morpholine rings is 2. The molecule has 2 saturated heterocycles. The molecule has 7 nitrogen and oxygen atoms in total. The first-order valence-electron chi connectivity index (χ1n) is 9.85. The van der Waals surface area contributed by atoms with Crippen molar-refractivity contribution in [2.45, 2.75) is 0 Å². The standard InChI is InChI=1S/C21H25N3O4S/c25-20(15-23-5-9-27-10-6-23)22-16-3-4-18(24-7-11-28-12-8-24)17(14-16)21(26)19-2-1-13-29-19/h1-4,13-14H,5-12,15H2,(H,22,25). The third-order valence-electron chi connectivity index (χ3n) is 5.09. The van der Waals surface area contributed by atoms with Gasteiger partial charge >= 0.3 is 0 Å². The average molecular weight is 416 g/mol. The number of amides is 1. The quantitative estimate of drug-likeness (QED) is 0.729. The van der Waals surface area contributed by atoms with Gasteiger partial charge in [-0.2, -0.15) is 0 Å². The molecule has 154 valence electrons. The van der Waals surface area contributed by atoms with Crippen molar-refractivity contribution >= 4 is 34.4 Å². The summed E-state index contributed by atoms with van der Waals surface area (Å²) in [5.41, 5.74) is 2.14. The summed E-state index contributed by atoms with van der Waals surface area (Å²) < 4.78 is 10.8. The van der Waals surface area contributed by atoms with Crippen molar-refractivity contribution in [3.8, 4) is 0 Å². The highest BCUT2D eigenvalue weighted by atomic mass is 32.1. The maximum Gasteiger partial charge on any atom is 0.238 e. The van der Waals surface area contributed by atoms with Crippen LogP contribution >= 0.6 is 11.3 Å². The third kappa shape index (κ3) is 5.02. The topological polar surface area (TPSA) is 71.1 Å². The van der Waals surface area contributed by atoms with E-state index in [2.05, 4.69) is 15.1 Å². The number of ketones is 1. The van der Waals surface area contributed by atoms with Crippen molar-refractivity contribution in [2.24, 2.45) is 0 Å². The molecule has 0 bridgehead atoms. The summed E-state index contributed by atoms with van der Waals surface area (Å²) in [4.78, 5) is 30.5. The molecule has 1 N–H and O–H groups in total. The van der Waals surface area contributed by atoms with E-state index >= 15 is 0 Å². The van der Waals surface area contributed by atoms with Gasteiger partial charge in [-0.05, 0) is 29.6 Å². The molecule has 2 aromatic rings.